The van der Waals surface area contributed by atoms with E-state index in [0.717, 1.165) is 28.0 Å². The highest BCUT2D eigenvalue weighted by Crippen LogP contribution is 2.27. The lowest BCUT2D eigenvalue weighted by Gasteiger charge is -2.13. The molecule has 0 bridgehead atoms. The van der Waals surface area contributed by atoms with Gasteiger partial charge in [-0.05, 0) is 59.7 Å². The number of aryl methyl sites for hydroxylation is 1. The van der Waals surface area contributed by atoms with E-state index in [1.807, 2.05) is 43.6 Å². The van der Waals surface area contributed by atoms with Gasteiger partial charge in [0, 0.05) is 6.42 Å². The number of ether oxygens (including phenoxy) is 1. The normalized spacial score (nSPS) is 10.9. The summed E-state index contributed by atoms with van der Waals surface area (Å²) in [5.74, 6) is 1.74. The Kier molecular flexibility index (Phi) is 5.41. The van der Waals surface area contributed by atoms with Gasteiger partial charge in [-0.2, -0.15) is 5.10 Å². The maximum absolute atomic E-state index is 5.70. The van der Waals surface area contributed by atoms with Crippen molar-refractivity contribution in [2.24, 2.45) is 0 Å². The number of halogens is 1. The SMILES string of the molecule is CCc1n[nH]c(=S)n1NCc1ccc(OC(C)C)c(Br)c1. The Morgan fingerprint density at radius 2 is 2.24 bits per heavy atom. The van der Waals surface area contributed by atoms with Crippen LogP contribution in [0.5, 0.6) is 5.75 Å². The Balaban J connectivity index is 2.08. The maximum atomic E-state index is 5.70. The van der Waals surface area contributed by atoms with E-state index in [1.165, 1.54) is 0 Å². The molecule has 1 aromatic heterocycles. The lowest BCUT2D eigenvalue weighted by atomic mass is 10.2. The number of nitrogens with zero attached hydrogens (tertiary/aromatic N) is 2. The average Bonchev–Trinajstić information content (AvgIpc) is 2.79. The van der Waals surface area contributed by atoms with Crippen molar-refractivity contribution in [1.82, 2.24) is 14.9 Å². The minimum Gasteiger partial charge on any atom is -0.490 e. The summed E-state index contributed by atoms with van der Waals surface area (Å²) in [6, 6.07) is 6.04. The fourth-order valence-electron chi connectivity index (χ4n) is 1.90. The molecule has 2 aromatic rings. The fraction of sp³-hybridized carbons (Fsp3) is 0.429. The average molecular weight is 371 g/mol. The summed E-state index contributed by atoms with van der Waals surface area (Å²) in [6.45, 7) is 6.71. The first-order valence-electron chi connectivity index (χ1n) is 6.86. The largest absolute Gasteiger partial charge is 0.490 e. The molecule has 0 saturated heterocycles. The molecule has 0 aliphatic heterocycles. The van der Waals surface area contributed by atoms with Gasteiger partial charge in [0.15, 0.2) is 5.82 Å². The summed E-state index contributed by atoms with van der Waals surface area (Å²) in [4.78, 5) is 0. The molecular weight excluding hydrogens is 352 g/mol. The number of aromatic nitrogens is 3. The lowest BCUT2D eigenvalue weighted by Crippen LogP contribution is -2.17. The van der Waals surface area contributed by atoms with Gasteiger partial charge < -0.3 is 10.2 Å². The molecule has 114 valence electrons. The number of benzene rings is 1. The fourth-order valence-corrected chi connectivity index (χ4v) is 2.64. The number of H-pyrrole nitrogens is 1. The first kappa shape index (κ1) is 16.0. The molecule has 21 heavy (non-hydrogen) atoms. The topological polar surface area (TPSA) is 54.9 Å². The highest BCUT2D eigenvalue weighted by atomic mass is 79.9. The predicted molar refractivity (Wildman–Crippen MR) is 89.8 cm³/mol. The highest BCUT2D eigenvalue weighted by molar-refractivity contribution is 9.10. The van der Waals surface area contributed by atoms with Crippen LogP contribution in [0.3, 0.4) is 0 Å². The van der Waals surface area contributed by atoms with E-state index in [9.17, 15) is 0 Å². The van der Waals surface area contributed by atoms with Gasteiger partial charge in [-0.3, -0.25) is 5.10 Å². The molecule has 0 aliphatic rings. The van der Waals surface area contributed by atoms with Crippen LogP contribution in [-0.4, -0.2) is 21.0 Å². The van der Waals surface area contributed by atoms with E-state index >= 15 is 0 Å². The molecule has 0 fully saturated rings. The molecule has 5 nitrogen and oxygen atoms in total. The van der Waals surface area contributed by atoms with Crippen LogP contribution < -0.4 is 10.2 Å². The Labute approximate surface area is 137 Å². The number of nitrogens with one attached hydrogen (secondary N) is 2. The van der Waals surface area contributed by atoms with Crippen LogP contribution in [0.15, 0.2) is 22.7 Å². The van der Waals surface area contributed by atoms with Crippen molar-refractivity contribution >= 4 is 28.1 Å². The van der Waals surface area contributed by atoms with Crippen molar-refractivity contribution in [3.05, 3.63) is 38.8 Å². The third kappa shape index (κ3) is 4.07. The van der Waals surface area contributed by atoms with E-state index in [0.29, 0.717) is 11.3 Å². The maximum Gasteiger partial charge on any atom is 0.214 e. The zero-order valence-electron chi connectivity index (χ0n) is 12.3. The third-order valence-corrected chi connectivity index (χ3v) is 3.75. The van der Waals surface area contributed by atoms with Crippen LogP contribution in [0.2, 0.25) is 0 Å². The summed E-state index contributed by atoms with van der Waals surface area (Å²) in [6.07, 6.45) is 0.965. The van der Waals surface area contributed by atoms with Crippen LogP contribution in [0.4, 0.5) is 0 Å². The van der Waals surface area contributed by atoms with Crippen molar-refractivity contribution < 1.29 is 4.74 Å². The molecule has 0 saturated carbocycles. The molecule has 0 aliphatic carbocycles. The van der Waals surface area contributed by atoms with Crippen molar-refractivity contribution in [1.29, 1.82) is 0 Å². The van der Waals surface area contributed by atoms with Crippen LogP contribution in [0, 0.1) is 4.77 Å². The van der Waals surface area contributed by atoms with Gasteiger partial charge in [-0.25, -0.2) is 4.68 Å². The van der Waals surface area contributed by atoms with Crippen molar-refractivity contribution in [3.63, 3.8) is 0 Å². The predicted octanol–water partition coefficient (Wildman–Crippen LogP) is 3.80. The first-order valence-corrected chi connectivity index (χ1v) is 8.06. The van der Waals surface area contributed by atoms with E-state index in [2.05, 4.69) is 31.6 Å². The summed E-state index contributed by atoms with van der Waals surface area (Å²) in [5, 5.41) is 6.96. The van der Waals surface area contributed by atoms with Crippen LogP contribution in [0.1, 0.15) is 32.2 Å². The third-order valence-electron chi connectivity index (χ3n) is 2.86. The smallest absolute Gasteiger partial charge is 0.214 e. The Morgan fingerprint density at radius 3 is 2.86 bits per heavy atom. The molecule has 0 spiro atoms. The summed E-state index contributed by atoms with van der Waals surface area (Å²) >= 11 is 8.74. The van der Waals surface area contributed by atoms with Crippen molar-refractivity contribution in [3.8, 4) is 5.75 Å². The van der Waals surface area contributed by atoms with Gasteiger partial charge in [0.05, 0.1) is 17.1 Å². The molecule has 0 amide bonds. The van der Waals surface area contributed by atoms with E-state index < -0.39 is 0 Å². The van der Waals surface area contributed by atoms with E-state index in [-0.39, 0.29) is 6.10 Å². The standard InChI is InChI=1S/C14H19BrN4OS/c1-4-13-17-18-14(21)19(13)16-8-10-5-6-12(11(15)7-10)20-9(2)3/h5-7,9,16H,4,8H2,1-3H3,(H,18,21). The second kappa shape index (κ2) is 7.09. The minimum absolute atomic E-state index is 0.154. The molecule has 0 unspecified atom stereocenters. The van der Waals surface area contributed by atoms with Gasteiger partial charge in [-0.1, -0.05) is 13.0 Å². The van der Waals surface area contributed by atoms with Crippen LogP contribution in [0.25, 0.3) is 0 Å². The Hall–Kier alpha value is -1.34. The molecule has 2 N–H and O–H groups in total. The Bertz CT molecular complexity index is 665. The monoisotopic (exact) mass is 370 g/mol. The number of aromatic amines is 1. The van der Waals surface area contributed by atoms with Gasteiger partial charge >= 0.3 is 0 Å². The van der Waals surface area contributed by atoms with Gasteiger partial charge in [0.25, 0.3) is 0 Å². The second-order valence-electron chi connectivity index (χ2n) is 4.90. The van der Waals surface area contributed by atoms with Crippen LogP contribution >= 0.6 is 28.1 Å². The zero-order chi connectivity index (χ0) is 15.4. The molecule has 1 aromatic carbocycles. The molecule has 7 heteroatoms. The van der Waals surface area contributed by atoms with Gasteiger partial charge in [0.1, 0.15) is 5.75 Å². The van der Waals surface area contributed by atoms with Crippen LogP contribution in [-0.2, 0) is 13.0 Å². The van der Waals surface area contributed by atoms with Gasteiger partial charge in [-0.15, -0.1) is 0 Å². The van der Waals surface area contributed by atoms with Gasteiger partial charge in [0.2, 0.25) is 4.77 Å². The highest BCUT2D eigenvalue weighted by Gasteiger charge is 2.06. The zero-order valence-corrected chi connectivity index (χ0v) is 14.7. The first-order chi connectivity index (χ1) is 10.0. The van der Waals surface area contributed by atoms with Crippen molar-refractivity contribution in [2.75, 3.05) is 5.43 Å². The summed E-state index contributed by atoms with van der Waals surface area (Å²) < 4.78 is 9.03. The molecule has 0 radical (unpaired) electrons. The minimum atomic E-state index is 0.154. The molecule has 2 rings (SSSR count). The molecular formula is C14H19BrN4OS. The number of hydrogen-bond donors (Lipinski definition) is 2. The summed E-state index contributed by atoms with van der Waals surface area (Å²) in [7, 11) is 0. The lowest BCUT2D eigenvalue weighted by molar-refractivity contribution is 0.241. The van der Waals surface area contributed by atoms with E-state index in [4.69, 9.17) is 17.0 Å². The van der Waals surface area contributed by atoms with Crippen molar-refractivity contribution in [2.45, 2.75) is 39.8 Å². The number of rotatable bonds is 6. The molecule has 1 heterocycles. The Morgan fingerprint density at radius 1 is 1.48 bits per heavy atom. The summed E-state index contributed by atoms with van der Waals surface area (Å²) in [5.41, 5.74) is 4.40. The molecule has 0 atom stereocenters. The van der Waals surface area contributed by atoms with E-state index in [1.54, 1.807) is 0 Å². The second-order valence-corrected chi connectivity index (χ2v) is 6.14. The quantitative estimate of drug-likeness (QED) is 0.759. The number of hydrogen-bond acceptors (Lipinski definition) is 4.